The van der Waals surface area contributed by atoms with Crippen LogP contribution >= 0.6 is 0 Å². The number of hydrogen-bond acceptors (Lipinski definition) is 4. The van der Waals surface area contributed by atoms with Crippen LogP contribution < -0.4 is 5.32 Å². The summed E-state index contributed by atoms with van der Waals surface area (Å²) < 4.78 is 13.8. The molecule has 7 nitrogen and oxygen atoms in total. The van der Waals surface area contributed by atoms with Crippen LogP contribution in [0.25, 0.3) is 0 Å². The molecular formula is C17H14FN3O4. The van der Waals surface area contributed by atoms with Gasteiger partial charge in [-0.15, -0.1) is 0 Å². The molecule has 1 saturated heterocycles. The minimum absolute atomic E-state index is 0.187. The zero-order valence-corrected chi connectivity index (χ0v) is 13.2. The molecule has 1 aliphatic heterocycles. The molecule has 0 aliphatic carbocycles. The molecule has 1 N–H and O–H groups in total. The van der Waals surface area contributed by atoms with Crippen molar-refractivity contribution < 1.29 is 18.9 Å². The van der Waals surface area contributed by atoms with Crippen molar-refractivity contribution in [1.82, 2.24) is 10.2 Å². The third-order valence-electron chi connectivity index (χ3n) is 4.20. The second kappa shape index (κ2) is 5.97. The van der Waals surface area contributed by atoms with Crippen LogP contribution in [0.15, 0.2) is 48.5 Å². The molecule has 3 amide bonds. The first-order valence-corrected chi connectivity index (χ1v) is 7.45. The van der Waals surface area contributed by atoms with Crippen LogP contribution in [0.2, 0.25) is 0 Å². The molecule has 1 fully saturated rings. The molecule has 3 rings (SSSR count). The number of urea groups is 1. The first-order chi connectivity index (χ1) is 11.8. The maximum atomic E-state index is 13.8. The fourth-order valence-electron chi connectivity index (χ4n) is 2.76. The van der Waals surface area contributed by atoms with E-state index in [0.29, 0.717) is 0 Å². The van der Waals surface area contributed by atoms with Gasteiger partial charge in [-0.05, 0) is 18.6 Å². The highest BCUT2D eigenvalue weighted by molar-refractivity contribution is 6.07. The molecule has 0 radical (unpaired) electrons. The highest BCUT2D eigenvalue weighted by Gasteiger charge is 2.49. The molecule has 8 heteroatoms. The molecule has 25 heavy (non-hydrogen) atoms. The first-order valence-electron chi connectivity index (χ1n) is 7.45. The summed E-state index contributed by atoms with van der Waals surface area (Å²) in [6.07, 6.45) is 0. The zero-order valence-electron chi connectivity index (χ0n) is 13.2. The van der Waals surface area contributed by atoms with E-state index in [9.17, 15) is 24.1 Å². The molecule has 128 valence electrons. The monoisotopic (exact) mass is 343 g/mol. The number of carbonyl (C=O) groups is 2. The molecule has 1 aliphatic rings. The van der Waals surface area contributed by atoms with Crippen molar-refractivity contribution in [3.8, 4) is 0 Å². The Morgan fingerprint density at radius 2 is 1.92 bits per heavy atom. The van der Waals surface area contributed by atoms with Crippen LogP contribution in [-0.4, -0.2) is 21.8 Å². The molecule has 2 aromatic rings. The zero-order chi connectivity index (χ0) is 18.2. The molecule has 0 aromatic heterocycles. The summed E-state index contributed by atoms with van der Waals surface area (Å²) in [6.45, 7) is 1.25. The van der Waals surface area contributed by atoms with E-state index >= 15 is 0 Å². The number of nitro groups is 1. The predicted molar refractivity (Wildman–Crippen MR) is 85.9 cm³/mol. The Balaban J connectivity index is 1.93. The van der Waals surface area contributed by atoms with Crippen LogP contribution in [-0.2, 0) is 16.9 Å². The second-order valence-corrected chi connectivity index (χ2v) is 5.85. The highest BCUT2D eigenvalue weighted by atomic mass is 19.1. The van der Waals surface area contributed by atoms with E-state index in [-0.39, 0.29) is 23.4 Å². The van der Waals surface area contributed by atoms with Gasteiger partial charge < -0.3 is 5.32 Å². The Bertz CT molecular complexity index is 886. The lowest BCUT2D eigenvalue weighted by molar-refractivity contribution is -0.385. The largest absolute Gasteiger partial charge is 0.325 e. The lowest BCUT2D eigenvalue weighted by Gasteiger charge is -2.22. The Morgan fingerprint density at radius 3 is 2.60 bits per heavy atom. The summed E-state index contributed by atoms with van der Waals surface area (Å²) in [7, 11) is 0. The molecule has 1 heterocycles. The van der Waals surface area contributed by atoms with Gasteiger partial charge in [0.05, 0.1) is 11.5 Å². The van der Waals surface area contributed by atoms with Gasteiger partial charge in [-0.1, -0.05) is 30.3 Å². The van der Waals surface area contributed by atoms with Crippen LogP contribution in [0.1, 0.15) is 18.1 Å². The predicted octanol–water partition coefficient (Wildman–Crippen LogP) is 2.70. The van der Waals surface area contributed by atoms with Gasteiger partial charge in [-0.3, -0.25) is 19.8 Å². The van der Waals surface area contributed by atoms with Crippen LogP contribution in [0.3, 0.4) is 0 Å². The summed E-state index contributed by atoms with van der Waals surface area (Å²) >= 11 is 0. The second-order valence-electron chi connectivity index (χ2n) is 5.85. The van der Waals surface area contributed by atoms with Crippen LogP contribution in [0.5, 0.6) is 0 Å². The summed E-state index contributed by atoms with van der Waals surface area (Å²) in [5, 5.41) is 13.5. The number of benzene rings is 2. The van der Waals surface area contributed by atoms with Gasteiger partial charge >= 0.3 is 6.03 Å². The Labute approximate surface area is 142 Å². The number of non-ortho nitro benzene ring substituents is 1. The van der Waals surface area contributed by atoms with Crippen molar-refractivity contribution in [3.63, 3.8) is 0 Å². The summed E-state index contributed by atoms with van der Waals surface area (Å²) in [4.78, 5) is 36.3. The number of nitrogens with one attached hydrogen (secondary N) is 1. The van der Waals surface area contributed by atoms with Gasteiger partial charge in [-0.2, -0.15) is 0 Å². The minimum atomic E-state index is -1.45. The molecule has 0 spiro atoms. The van der Waals surface area contributed by atoms with Crippen molar-refractivity contribution in [2.24, 2.45) is 0 Å². The average Bonchev–Trinajstić information content (AvgIpc) is 2.81. The lowest BCUT2D eigenvalue weighted by atomic mass is 9.91. The number of halogens is 1. The summed E-state index contributed by atoms with van der Waals surface area (Å²) in [5.74, 6) is -1.12. The van der Waals surface area contributed by atoms with E-state index < -0.39 is 28.2 Å². The molecule has 2 aromatic carbocycles. The SMILES string of the molecule is CC1(c2cccc([N+](=O)[O-])c2)NC(=O)N(Cc2ccccc2F)C1=O. The third-order valence-corrected chi connectivity index (χ3v) is 4.20. The minimum Gasteiger partial charge on any atom is -0.319 e. The fourth-order valence-corrected chi connectivity index (χ4v) is 2.76. The molecular weight excluding hydrogens is 329 g/mol. The highest BCUT2D eigenvalue weighted by Crippen LogP contribution is 2.31. The molecule has 0 bridgehead atoms. The molecule has 1 atom stereocenters. The van der Waals surface area contributed by atoms with Gasteiger partial charge in [0.2, 0.25) is 0 Å². The quantitative estimate of drug-likeness (QED) is 0.525. The number of hydrogen-bond donors (Lipinski definition) is 1. The van der Waals surface area contributed by atoms with E-state index in [1.54, 1.807) is 6.07 Å². The number of nitrogens with zero attached hydrogens (tertiary/aromatic N) is 2. The van der Waals surface area contributed by atoms with Crippen LogP contribution in [0, 0.1) is 15.9 Å². The smallest absolute Gasteiger partial charge is 0.319 e. The van der Waals surface area contributed by atoms with E-state index in [1.807, 2.05) is 0 Å². The maximum absolute atomic E-state index is 13.8. The molecule has 0 saturated carbocycles. The molecule has 1 unspecified atom stereocenters. The maximum Gasteiger partial charge on any atom is 0.325 e. The van der Waals surface area contributed by atoms with E-state index in [4.69, 9.17) is 0 Å². The van der Waals surface area contributed by atoms with Crippen LogP contribution in [0.4, 0.5) is 14.9 Å². The van der Waals surface area contributed by atoms with Crippen molar-refractivity contribution in [3.05, 3.63) is 75.6 Å². The first kappa shape index (κ1) is 16.6. The number of amides is 3. The summed E-state index contributed by atoms with van der Waals surface area (Å²) in [6, 6.07) is 10.7. The van der Waals surface area contributed by atoms with Gasteiger partial charge in [0, 0.05) is 17.7 Å². The fraction of sp³-hybridized carbons (Fsp3) is 0.176. The van der Waals surface area contributed by atoms with Gasteiger partial charge in [-0.25, -0.2) is 9.18 Å². The Kier molecular flexibility index (Phi) is 3.96. The normalized spacial score (nSPS) is 19.8. The summed E-state index contributed by atoms with van der Waals surface area (Å²) in [5.41, 5.74) is -1.15. The van der Waals surface area contributed by atoms with E-state index in [0.717, 1.165) is 4.90 Å². The van der Waals surface area contributed by atoms with Crippen molar-refractivity contribution in [2.45, 2.75) is 19.0 Å². The Morgan fingerprint density at radius 1 is 1.20 bits per heavy atom. The average molecular weight is 343 g/mol. The van der Waals surface area contributed by atoms with E-state index in [1.165, 1.54) is 49.4 Å². The van der Waals surface area contributed by atoms with Gasteiger partial charge in [0.15, 0.2) is 0 Å². The lowest BCUT2D eigenvalue weighted by Crippen LogP contribution is -2.40. The number of nitro benzene ring substituents is 1. The van der Waals surface area contributed by atoms with E-state index in [2.05, 4.69) is 5.32 Å². The van der Waals surface area contributed by atoms with Crippen molar-refractivity contribution >= 4 is 17.6 Å². The standard InChI is InChI=1S/C17H14FN3O4/c1-17(12-6-4-7-13(9-12)21(24)25)15(22)20(16(23)19-17)10-11-5-2-3-8-14(11)18/h2-9H,10H2,1H3,(H,19,23). The number of imide groups is 1. The topological polar surface area (TPSA) is 92.6 Å². The van der Waals surface area contributed by atoms with Crippen molar-refractivity contribution in [1.29, 1.82) is 0 Å². The number of rotatable bonds is 4. The third kappa shape index (κ3) is 2.82. The van der Waals surface area contributed by atoms with Crippen molar-refractivity contribution in [2.75, 3.05) is 0 Å². The van der Waals surface area contributed by atoms with Gasteiger partial charge in [0.1, 0.15) is 11.4 Å². The number of carbonyl (C=O) groups excluding carboxylic acids is 2. The Hall–Kier alpha value is -3.29. The van der Waals surface area contributed by atoms with Gasteiger partial charge in [0.25, 0.3) is 11.6 Å².